The van der Waals surface area contributed by atoms with Gasteiger partial charge < -0.3 is 19.5 Å². The summed E-state index contributed by atoms with van der Waals surface area (Å²) in [6, 6.07) is 2.89. The van der Waals surface area contributed by atoms with Gasteiger partial charge in [-0.25, -0.2) is 4.79 Å². The van der Waals surface area contributed by atoms with Gasteiger partial charge in [-0.2, -0.15) is 0 Å². The van der Waals surface area contributed by atoms with Crippen LogP contribution in [0.15, 0.2) is 21.1 Å². The van der Waals surface area contributed by atoms with Gasteiger partial charge in [0.1, 0.15) is 5.69 Å². The third-order valence-corrected chi connectivity index (χ3v) is 3.60. The molecule has 19 heavy (non-hydrogen) atoms. The predicted molar refractivity (Wildman–Crippen MR) is 69.6 cm³/mol. The van der Waals surface area contributed by atoms with E-state index in [1.165, 1.54) is 13.2 Å². The first kappa shape index (κ1) is 13.4. The minimum atomic E-state index is -1.23. The molecule has 7 heteroatoms. The van der Waals surface area contributed by atoms with Crippen molar-refractivity contribution < 1.29 is 24.3 Å². The highest BCUT2D eigenvalue weighted by Crippen LogP contribution is 2.43. The van der Waals surface area contributed by atoms with Crippen LogP contribution in [-0.4, -0.2) is 28.4 Å². The maximum absolute atomic E-state index is 10.8. The SMILES string of the molecule is COc1cc(C)c(Br)c(-c2cc(C(=O)O)on2)c1O. The number of hydrogen-bond donors (Lipinski definition) is 2. The zero-order chi connectivity index (χ0) is 14.2. The molecule has 0 amide bonds. The molecule has 1 aromatic carbocycles. The number of carbonyl (C=O) groups is 1. The number of carboxylic acid groups (broad SMARTS) is 1. The standard InChI is InChI=1S/C12H10BrNO5/c1-5-3-7(18-2)11(15)9(10(5)13)6-4-8(12(16)17)19-14-6/h3-4,15H,1-2H3,(H,16,17). The van der Waals surface area contributed by atoms with Crippen LogP contribution >= 0.6 is 15.9 Å². The summed E-state index contributed by atoms with van der Waals surface area (Å²) < 4.78 is 10.3. The highest BCUT2D eigenvalue weighted by molar-refractivity contribution is 9.10. The third-order valence-electron chi connectivity index (χ3n) is 2.58. The second kappa shape index (κ2) is 4.93. The minimum absolute atomic E-state index is 0.134. The Morgan fingerprint density at radius 2 is 2.16 bits per heavy atom. The van der Waals surface area contributed by atoms with Crippen LogP contribution in [0.2, 0.25) is 0 Å². The molecule has 0 spiro atoms. The van der Waals surface area contributed by atoms with Crippen LogP contribution in [0.4, 0.5) is 0 Å². The molecule has 0 radical (unpaired) electrons. The van der Waals surface area contributed by atoms with Gasteiger partial charge in [0.2, 0.25) is 5.76 Å². The Balaban J connectivity index is 2.66. The summed E-state index contributed by atoms with van der Waals surface area (Å²) >= 11 is 3.33. The fourth-order valence-electron chi connectivity index (χ4n) is 1.64. The van der Waals surface area contributed by atoms with Crippen molar-refractivity contribution in [2.24, 2.45) is 0 Å². The number of carboxylic acids is 1. The Labute approximate surface area is 116 Å². The van der Waals surface area contributed by atoms with Crippen molar-refractivity contribution in [2.45, 2.75) is 6.92 Å². The fourth-order valence-corrected chi connectivity index (χ4v) is 2.14. The molecular weight excluding hydrogens is 318 g/mol. The maximum atomic E-state index is 10.8. The Bertz CT molecular complexity index is 650. The summed E-state index contributed by atoms with van der Waals surface area (Å²) in [5.41, 5.74) is 1.35. The lowest BCUT2D eigenvalue weighted by molar-refractivity contribution is 0.0652. The van der Waals surface area contributed by atoms with E-state index in [-0.39, 0.29) is 23.0 Å². The molecule has 6 nitrogen and oxygen atoms in total. The molecule has 0 bridgehead atoms. The molecule has 0 aliphatic heterocycles. The molecule has 2 rings (SSSR count). The second-order valence-electron chi connectivity index (χ2n) is 3.81. The van der Waals surface area contributed by atoms with E-state index in [1.807, 2.05) is 6.92 Å². The third kappa shape index (κ3) is 2.28. The molecule has 0 saturated heterocycles. The molecular formula is C12H10BrNO5. The maximum Gasteiger partial charge on any atom is 0.374 e. The molecule has 0 aliphatic carbocycles. The summed E-state index contributed by atoms with van der Waals surface area (Å²) in [4.78, 5) is 10.8. The number of benzene rings is 1. The van der Waals surface area contributed by atoms with Gasteiger partial charge in [0.15, 0.2) is 11.5 Å². The van der Waals surface area contributed by atoms with Gasteiger partial charge in [-0.3, -0.25) is 0 Å². The summed E-state index contributed by atoms with van der Waals surface area (Å²) in [5.74, 6) is -1.39. The first-order chi connectivity index (χ1) is 8.95. The largest absolute Gasteiger partial charge is 0.504 e. The predicted octanol–water partition coefficient (Wildman–Crippen LogP) is 2.82. The molecule has 100 valence electrons. The van der Waals surface area contributed by atoms with Crippen LogP contribution in [0, 0.1) is 6.92 Å². The number of aromatic carboxylic acids is 1. The number of hydrogen-bond acceptors (Lipinski definition) is 5. The molecule has 0 unspecified atom stereocenters. The van der Waals surface area contributed by atoms with Gasteiger partial charge in [0, 0.05) is 10.5 Å². The zero-order valence-electron chi connectivity index (χ0n) is 10.1. The molecule has 0 saturated carbocycles. The van der Waals surface area contributed by atoms with Gasteiger partial charge in [-0.05, 0) is 34.5 Å². The summed E-state index contributed by atoms with van der Waals surface area (Å²) in [5, 5.41) is 22.6. The van der Waals surface area contributed by atoms with Gasteiger partial charge in [0.25, 0.3) is 0 Å². The monoisotopic (exact) mass is 327 g/mol. The van der Waals surface area contributed by atoms with E-state index in [9.17, 15) is 9.90 Å². The number of halogens is 1. The van der Waals surface area contributed by atoms with Crippen molar-refractivity contribution in [2.75, 3.05) is 7.11 Å². The van der Waals surface area contributed by atoms with Crippen molar-refractivity contribution in [3.8, 4) is 22.8 Å². The van der Waals surface area contributed by atoms with E-state index in [1.54, 1.807) is 6.07 Å². The molecule has 2 N–H and O–H groups in total. The summed E-state index contributed by atoms with van der Waals surface area (Å²) in [7, 11) is 1.43. The molecule has 0 fully saturated rings. The Kier molecular flexibility index (Phi) is 3.48. The van der Waals surface area contributed by atoms with Crippen LogP contribution in [0.5, 0.6) is 11.5 Å². The number of ether oxygens (including phenoxy) is 1. The van der Waals surface area contributed by atoms with E-state index in [0.717, 1.165) is 5.56 Å². The van der Waals surface area contributed by atoms with Crippen molar-refractivity contribution in [1.29, 1.82) is 0 Å². The minimum Gasteiger partial charge on any atom is -0.504 e. The number of aryl methyl sites for hydroxylation is 1. The zero-order valence-corrected chi connectivity index (χ0v) is 11.7. The van der Waals surface area contributed by atoms with Gasteiger partial charge in [-0.15, -0.1) is 0 Å². The number of aromatic nitrogens is 1. The summed E-state index contributed by atoms with van der Waals surface area (Å²) in [6.07, 6.45) is 0. The summed E-state index contributed by atoms with van der Waals surface area (Å²) in [6.45, 7) is 1.81. The van der Waals surface area contributed by atoms with Gasteiger partial charge in [-0.1, -0.05) is 5.16 Å². The van der Waals surface area contributed by atoms with Gasteiger partial charge in [0.05, 0.1) is 12.7 Å². The van der Waals surface area contributed by atoms with Crippen LogP contribution in [0.1, 0.15) is 16.1 Å². The number of methoxy groups -OCH3 is 1. The molecule has 1 aromatic heterocycles. The van der Waals surface area contributed by atoms with E-state index in [2.05, 4.69) is 25.6 Å². The topological polar surface area (TPSA) is 92.8 Å². The lowest BCUT2D eigenvalue weighted by Gasteiger charge is -2.11. The van der Waals surface area contributed by atoms with Crippen LogP contribution < -0.4 is 4.74 Å². The highest BCUT2D eigenvalue weighted by Gasteiger charge is 2.21. The Hall–Kier alpha value is -2.02. The smallest absolute Gasteiger partial charge is 0.374 e. The van der Waals surface area contributed by atoms with Crippen LogP contribution in [-0.2, 0) is 0 Å². The average Bonchev–Trinajstić information content (AvgIpc) is 2.83. The fraction of sp³-hybridized carbons (Fsp3) is 0.167. The quantitative estimate of drug-likeness (QED) is 0.900. The Morgan fingerprint density at radius 3 is 2.68 bits per heavy atom. The van der Waals surface area contributed by atoms with Crippen LogP contribution in [0.3, 0.4) is 0 Å². The molecule has 0 atom stereocenters. The first-order valence-corrected chi connectivity index (χ1v) is 6.01. The average molecular weight is 328 g/mol. The van der Waals surface area contributed by atoms with Crippen molar-refractivity contribution >= 4 is 21.9 Å². The number of aromatic hydroxyl groups is 1. The lowest BCUT2D eigenvalue weighted by atomic mass is 10.1. The molecule has 2 aromatic rings. The second-order valence-corrected chi connectivity index (χ2v) is 4.61. The number of phenolic OH excluding ortho intramolecular Hbond substituents is 1. The van der Waals surface area contributed by atoms with Crippen molar-refractivity contribution in [1.82, 2.24) is 5.16 Å². The van der Waals surface area contributed by atoms with E-state index in [0.29, 0.717) is 10.0 Å². The van der Waals surface area contributed by atoms with E-state index in [4.69, 9.17) is 9.84 Å². The highest BCUT2D eigenvalue weighted by atomic mass is 79.9. The normalized spacial score (nSPS) is 10.5. The number of nitrogens with zero attached hydrogens (tertiary/aromatic N) is 1. The molecule has 1 heterocycles. The Morgan fingerprint density at radius 1 is 1.47 bits per heavy atom. The van der Waals surface area contributed by atoms with Crippen molar-refractivity contribution in [3.63, 3.8) is 0 Å². The first-order valence-electron chi connectivity index (χ1n) is 5.22. The van der Waals surface area contributed by atoms with Gasteiger partial charge >= 0.3 is 5.97 Å². The van der Waals surface area contributed by atoms with Crippen molar-refractivity contribution in [3.05, 3.63) is 27.9 Å². The number of phenols is 1. The lowest BCUT2D eigenvalue weighted by Crippen LogP contribution is -1.92. The molecule has 0 aliphatic rings. The van der Waals surface area contributed by atoms with E-state index >= 15 is 0 Å². The van der Waals surface area contributed by atoms with Crippen LogP contribution in [0.25, 0.3) is 11.3 Å². The van der Waals surface area contributed by atoms with E-state index < -0.39 is 5.97 Å². The number of rotatable bonds is 3.